The summed E-state index contributed by atoms with van der Waals surface area (Å²) in [7, 11) is 0. The first-order chi connectivity index (χ1) is 9.85. The maximum atomic E-state index is 12.2. The number of halogens is 1. The van der Waals surface area contributed by atoms with E-state index in [4.69, 9.17) is 4.74 Å². The molecule has 1 atom stereocenters. The minimum absolute atomic E-state index is 0.173. The molecule has 1 amide bonds. The lowest BCUT2D eigenvalue weighted by Gasteiger charge is -2.28. The van der Waals surface area contributed by atoms with Gasteiger partial charge in [0.25, 0.3) is 0 Å². The lowest BCUT2D eigenvalue weighted by atomic mass is 10.2. The highest BCUT2D eigenvalue weighted by molar-refractivity contribution is 14.1. The molecule has 1 aromatic rings. The summed E-state index contributed by atoms with van der Waals surface area (Å²) in [6, 6.07) is 8.79. The Bertz CT molecular complexity index is 484. The largest absolute Gasteiger partial charge is 0.444 e. The average molecular weight is 419 g/mol. The molecule has 1 fully saturated rings. The number of hydrogen-bond donors (Lipinski definition) is 0. The zero-order valence-electron chi connectivity index (χ0n) is 12.8. The Morgan fingerprint density at radius 3 is 2.67 bits per heavy atom. The molecule has 5 heteroatoms. The molecule has 2 rings (SSSR count). The van der Waals surface area contributed by atoms with Crippen LogP contribution in [-0.2, 0) is 4.74 Å². The molecular weight excluding hydrogens is 397 g/mol. The van der Waals surface area contributed by atoms with Crippen LogP contribution in [0.2, 0.25) is 0 Å². The zero-order valence-corrected chi connectivity index (χ0v) is 15.7. The summed E-state index contributed by atoms with van der Waals surface area (Å²) in [5.41, 5.74) is -0.423. The minimum atomic E-state index is -0.423. The van der Waals surface area contributed by atoms with E-state index < -0.39 is 5.60 Å². The fourth-order valence-electron chi connectivity index (χ4n) is 2.29. The first kappa shape index (κ1) is 16.9. The smallest absolute Gasteiger partial charge is 0.410 e. The summed E-state index contributed by atoms with van der Waals surface area (Å²) >= 11 is 4.12. The van der Waals surface area contributed by atoms with Crippen LogP contribution >= 0.6 is 34.4 Å². The van der Waals surface area contributed by atoms with Gasteiger partial charge < -0.3 is 9.64 Å². The molecule has 0 bridgehead atoms. The van der Waals surface area contributed by atoms with Crippen LogP contribution in [0.5, 0.6) is 0 Å². The van der Waals surface area contributed by atoms with Crippen LogP contribution in [-0.4, -0.2) is 34.9 Å². The average Bonchev–Trinajstić information content (AvgIpc) is 2.84. The van der Waals surface area contributed by atoms with Crippen LogP contribution in [0.1, 0.15) is 33.6 Å². The minimum Gasteiger partial charge on any atom is -0.444 e. The molecule has 1 aliphatic rings. The van der Waals surface area contributed by atoms with Crippen molar-refractivity contribution in [2.45, 2.75) is 50.2 Å². The highest BCUT2D eigenvalue weighted by Gasteiger charge is 2.31. The summed E-state index contributed by atoms with van der Waals surface area (Å²) in [5, 5.41) is 0. The molecule has 1 aliphatic heterocycles. The van der Waals surface area contributed by atoms with Crippen molar-refractivity contribution in [1.29, 1.82) is 0 Å². The number of likely N-dealkylation sites (tertiary alicyclic amines) is 1. The maximum Gasteiger partial charge on any atom is 0.410 e. The van der Waals surface area contributed by atoms with E-state index in [1.807, 2.05) is 37.4 Å². The van der Waals surface area contributed by atoms with Crippen molar-refractivity contribution in [3.8, 4) is 0 Å². The standard InChI is InChI=1S/C16H22INO2S/c1-16(2,3)20-15(19)18-10-4-5-13(18)11-21-14-8-6-12(17)7-9-14/h6-9,13H,4-5,10-11H2,1-3H3/t13-/m0/s1. The summed E-state index contributed by atoms with van der Waals surface area (Å²) in [4.78, 5) is 15.4. The molecule has 21 heavy (non-hydrogen) atoms. The van der Waals surface area contributed by atoms with E-state index in [0.717, 1.165) is 25.1 Å². The van der Waals surface area contributed by atoms with Gasteiger partial charge in [0.2, 0.25) is 0 Å². The maximum absolute atomic E-state index is 12.2. The van der Waals surface area contributed by atoms with Crippen LogP contribution in [0.3, 0.4) is 0 Å². The third-order valence-corrected chi connectivity index (χ3v) is 5.14. The van der Waals surface area contributed by atoms with Crippen LogP contribution in [0, 0.1) is 3.57 Å². The van der Waals surface area contributed by atoms with Gasteiger partial charge in [0.05, 0.1) is 0 Å². The molecular formula is C16H22INO2S. The van der Waals surface area contributed by atoms with Crippen molar-refractivity contribution >= 4 is 40.4 Å². The Balaban J connectivity index is 1.90. The van der Waals surface area contributed by atoms with Crippen molar-refractivity contribution in [3.05, 3.63) is 27.8 Å². The third-order valence-electron chi connectivity index (χ3n) is 3.26. The summed E-state index contributed by atoms with van der Waals surface area (Å²) in [6.07, 6.45) is 1.96. The number of amides is 1. The zero-order chi connectivity index (χ0) is 15.5. The van der Waals surface area contributed by atoms with E-state index in [-0.39, 0.29) is 12.1 Å². The van der Waals surface area contributed by atoms with Gasteiger partial charge >= 0.3 is 6.09 Å². The Kier molecular flexibility index (Phi) is 5.82. The lowest BCUT2D eigenvalue weighted by molar-refractivity contribution is 0.0242. The van der Waals surface area contributed by atoms with Gasteiger partial charge in [-0.15, -0.1) is 11.8 Å². The molecule has 1 aromatic carbocycles. The van der Waals surface area contributed by atoms with Crippen molar-refractivity contribution in [3.63, 3.8) is 0 Å². The van der Waals surface area contributed by atoms with Crippen molar-refractivity contribution < 1.29 is 9.53 Å². The van der Waals surface area contributed by atoms with E-state index in [1.165, 1.54) is 8.47 Å². The number of thioether (sulfide) groups is 1. The predicted octanol–water partition coefficient (Wildman–Crippen LogP) is 4.78. The van der Waals surface area contributed by atoms with Crippen LogP contribution in [0.25, 0.3) is 0 Å². The van der Waals surface area contributed by atoms with Crippen LogP contribution < -0.4 is 0 Å². The van der Waals surface area contributed by atoms with Crippen LogP contribution in [0.15, 0.2) is 29.2 Å². The molecule has 1 saturated heterocycles. The van der Waals surface area contributed by atoms with E-state index in [9.17, 15) is 4.79 Å². The van der Waals surface area contributed by atoms with Gasteiger partial charge in [-0.1, -0.05) is 0 Å². The Labute approximate surface area is 144 Å². The third kappa shape index (κ3) is 5.36. The Morgan fingerprint density at radius 1 is 1.38 bits per heavy atom. The van der Waals surface area contributed by atoms with E-state index in [1.54, 1.807) is 0 Å². The van der Waals surface area contributed by atoms with E-state index in [2.05, 4.69) is 46.9 Å². The number of hydrogen-bond acceptors (Lipinski definition) is 3. The van der Waals surface area contributed by atoms with Gasteiger partial charge in [0.15, 0.2) is 0 Å². The quantitative estimate of drug-likeness (QED) is 0.522. The van der Waals surface area contributed by atoms with Gasteiger partial charge in [-0.25, -0.2) is 4.79 Å². The SMILES string of the molecule is CC(C)(C)OC(=O)N1CCC[C@H]1CSc1ccc(I)cc1. The fourth-order valence-corrected chi connectivity index (χ4v) is 3.71. The molecule has 0 aromatic heterocycles. The molecule has 0 aliphatic carbocycles. The molecule has 116 valence electrons. The summed E-state index contributed by atoms with van der Waals surface area (Å²) < 4.78 is 6.74. The van der Waals surface area contributed by atoms with Gasteiger partial charge in [-0.05, 0) is 80.5 Å². The number of rotatable bonds is 3. The Morgan fingerprint density at radius 2 is 2.05 bits per heavy atom. The molecule has 0 saturated carbocycles. The van der Waals surface area contributed by atoms with Crippen molar-refractivity contribution in [1.82, 2.24) is 4.90 Å². The molecule has 0 spiro atoms. The number of benzene rings is 1. The molecule has 1 heterocycles. The second kappa shape index (κ2) is 7.22. The second-order valence-corrected chi connectivity index (χ2v) is 8.57. The van der Waals surface area contributed by atoms with Gasteiger partial charge in [0, 0.05) is 26.8 Å². The first-order valence-corrected chi connectivity index (χ1v) is 9.29. The van der Waals surface area contributed by atoms with E-state index in [0.29, 0.717) is 0 Å². The van der Waals surface area contributed by atoms with Gasteiger partial charge in [0.1, 0.15) is 5.60 Å². The topological polar surface area (TPSA) is 29.5 Å². The number of nitrogens with zero attached hydrogens (tertiary/aromatic N) is 1. The monoisotopic (exact) mass is 419 g/mol. The molecule has 0 N–H and O–H groups in total. The number of carbonyl (C=O) groups is 1. The van der Waals surface area contributed by atoms with Crippen LogP contribution in [0.4, 0.5) is 4.79 Å². The first-order valence-electron chi connectivity index (χ1n) is 7.23. The lowest BCUT2D eigenvalue weighted by Crippen LogP contribution is -2.40. The Hall–Kier alpha value is -0.430. The van der Waals surface area contributed by atoms with Gasteiger partial charge in [-0.2, -0.15) is 0 Å². The van der Waals surface area contributed by atoms with Gasteiger partial charge in [-0.3, -0.25) is 0 Å². The van der Waals surface area contributed by atoms with E-state index >= 15 is 0 Å². The summed E-state index contributed by atoms with van der Waals surface area (Å²) in [6.45, 7) is 6.55. The number of carbonyl (C=O) groups excluding carboxylic acids is 1. The molecule has 0 radical (unpaired) electrons. The number of ether oxygens (including phenoxy) is 1. The highest BCUT2D eigenvalue weighted by Crippen LogP contribution is 2.27. The fraction of sp³-hybridized carbons (Fsp3) is 0.562. The highest BCUT2D eigenvalue weighted by atomic mass is 127. The normalized spacial score (nSPS) is 18.9. The summed E-state index contributed by atoms with van der Waals surface area (Å²) in [5.74, 6) is 0.930. The molecule has 0 unspecified atom stereocenters. The predicted molar refractivity (Wildman–Crippen MR) is 95.8 cm³/mol. The van der Waals surface area contributed by atoms with Crippen molar-refractivity contribution in [2.24, 2.45) is 0 Å². The molecule has 3 nitrogen and oxygen atoms in total. The second-order valence-electron chi connectivity index (χ2n) is 6.23. The van der Waals surface area contributed by atoms with Crippen molar-refractivity contribution in [2.75, 3.05) is 12.3 Å².